The fourth-order valence-corrected chi connectivity index (χ4v) is 2.57. The summed E-state index contributed by atoms with van der Waals surface area (Å²) in [5.41, 5.74) is 1.17. The number of hydrogen-bond acceptors (Lipinski definition) is 3. The molecule has 2 rings (SSSR count). The van der Waals surface area contributed by atoms with Crippen LogP contribution in [0.5, 0.6) is 5.75 Å². The third-order valence-electron chi connectivity index (χ3n) is 3.83. The molecule has 0 spiro atoms. The summed E-state index contributed by atoms with van der Waals surface area (Å²) in [6.45, 7) is 1.85. The zero-order valence-corrected chi connectivity index (χ0v) is 11.5. The molecule has 0 heterocycles. The fraction of sp³-hybridized carbons (Fsp3) is 0.571. The van der Waals surface area contributed by atoms with Crippen molar-refractivity contribution in [2.75, 3.05) is 20.3 Å². The van der Waals surface area contributed by atoms with Crippen molar-refractivity contribution in [3.63, 3.8) is 0 Å². The minimum absolute atomic E-state index is 0.110. The Morgan fingerprint density at radius 2 is 2.22 bits per heavy atom. The predicted molar refractivity (Wildman–Crippen MR) is 73.1 cm³/mol. The van der Waals surface area contributed by atoms with Crippen LogP contribution < -0.4 is 10.1 Å². The van der Waals surface area contributed by atoms with Gasteiger partial charge in [0.15, 0.2) is 0 Å². The summed E-state index contributed by atoms with van der Waals surface area (Å²) in [5, 5.41) is 13.5. The molecular weight excluding hydrogens is 250 g/mol. The van der Waals surface area contributed by atoms with E-state index in [0.717, 1.165) is 37.2 Å². The van der Waals surface area contributed by atoms with E-state index >= 15 is 0 Å². The summed E-state index contributed by atoms with van der Waals surface area (Å²) < 4.78 is 5.11. The van der Waals surface area contributed by atoms with Crippen molar-refractivity contribution in [1.29, 1.82) is 0 Å². The van der Waals surface area contributed by atoms with Crippen molar-refractivity contribution in [3.05, 3.63) is 28.8 Å². The number of aliphatic hydroxyl groups is 1. The van der Waals surface area contributed by atoms with Gasteiger partial charge in [0.05, 0.1) is 7.11 Å². The fourth-order valence-electron chi connectivity index (χ4n) is 2.33. The molecule has 1 saturated carbocycles. The van der Waals surface area contributed by atoms with E-state index < -0.39 is 0 Å². The molecule has 0 atom stereocenters. The molecule has 1 aromatic carbocycles. The van der Waals surface area contributed by atoms with Crippen molar-refractivity contribution in [2.45, 2.75) is 25.8 Å². The Balaban J connectivity index is 1.86. The van der Waals surface area contributed by atoms with E-state index in [2.05, 4.69) is 5.32 Å². The van der Waals surface area contributed by atoms with Gasteiger partial charge in [-0.1, -0.05) is 24.1 Å². The van der Waals surface area contributed by atoms with E-state index in [9.17, 15) is 5.11 Å². The highest BCUT2D eigenvalue weighted by molar-refractivity contribution is 6.31. The number of halogens is 1. The number of nitrogens with one attached hydrogen (secondary N) is 1. The maximum Gasteiger partial charge on any atom is 0.120 e. The lowest BCUT2D eigenvalue weighted by Gasteiger charge is -2.40. The van der Waals surface area contributed by atoms with Crippen molar-refractivity contribution < 1.29 is 9.84 Å². The van der Waals surface area contributed by atoms with Crippen LogP contribution in [0.4, 0.5) is 0 Å². The second kappa shape index (κ2) is 5.91. The van der Waals surface area contributed by atoms with Crippen LogP contribution in [0.25, 0.3) is 0 Å². The maximum absolute atomic E-state index is 9.37. The molecule has 3 nitrogen and oxygen atoms in total. The molecule has 0 radical (unpaired) electrons. The largest absolute Gasteiger partial charge is 0.497 e. The summed E-state index contributed by atoms with van der Waals surface area (Å²) in [5.74, 6) is 0.773. The van der Waals surface area contributed by atoms with Crippen LogP contribution >= 0.6 is 11.6 Å². The van der Waals surface area contributed by atoms with Crippen LogP contribution in [0, 0.1) is 5.41 Å². The Morgan fingerprint density at radius 1 is 1.44 bits per heavy atom. The average Bonchev–Trinajstić information content (AvgIpc) is 2.34. The molecule has 1 aliphatic rings. The smallest absolute Gasteiger partial charge is 0.120 e. The molecule has 0 bridgehead atoms. The van der Waals surface area contributed by atoms with Crippen LogP contribution in [0.3, 0.4) is 0 Å². The number of methoxy groups -OCH3 is 1. The highest BCUT2D eigenvalue weighted by atomic mass is 35.5. The third kappa shape index (κ3) is 2.97. The second-order valence-corrected chi connectivity index (χ2v) is 5.48. The monoisotopic (exact) mass is 269 g/mol. The molecule has 1 aromatic rings. The lowest BCUT2D eigenvalue weighted by molar-refractivity contribution is 0.0445. The Morgan fingerprint density at radius 3 is 2.72 bits per heavy atom. The highest BCUT2D eigenvalue weighted by Crippen LogP contribution is 2.39. The van der Waals surface area contributed by atoms with Crippen molar-refractivity contribution in [2.24, 2.45) is 5.41 Å². The van der Waals surface area contributed by atoms with Crippen LogP contribution in [0.1, 0.15) is 24.8 Å². The van der Waals surface area contributed by atoms with E-state index in [0.29, 0.717) is 5.02 Å². The molecule has 0 unspecified atom stereocenters. The number of benzene rings is 1. The molecule has 0 saturated heterocycles. The van der Waals surface area contributed by atoms with Gasteiger partial charge in [0.1, 0.15) is 5.75 Å². The van der Waals surface area contributed by atoms with Crippen LogP contribution in [-0.2, 0) is 6.54 Å². The Hall–Kier alpha value is -0.770. The number of aliphatic hydroxyl groups excluding tert-OH is 1. The van der Waals surface area contributed by atoms with Gasteiger partial charge in [0.25, 0.3) is 0 Å². The van der Waals surface area contributed by atoms with E-state index in [1.54, 1.807) is 7.11 Å². The average molecular weight is 270 g/mol. The van der Waals surface area contributed by atoms with Gasteiger partial charge in [-0.25, -0.2) is 0 Å². The maximum atomic E-state index is 9.37. The van der Waals surface area contributed by atoms with Crippen molar-refractivity contribution >= 4 is 11.6 Å². The Labute approximate surface area is 113 Å². The zero-order chi connectivity index (χ0) is 13.0. The minimum atomic E-state index is 0.110. The quantitative estimate of drug-likeness (QED) is 0.834. The normalized spacial score (nSPS) is 17.3. The van der Waals surface area contributed by atoms with E-state index in [4.69, 9.17) is 16.3 Å². The lowest BCUT2D eigenvalue weighted by Crippen LogP contribution is -2.42. The SMILES string of the molecule is COc1ccc(CNCC2(CO)CCC2)c(Cl)c1. The van der Waals surface area contributed by atoms with E-state index in [1.807, 2.05) is 18.2 Å². The summed E-state index contributed by atoms with van der Waals surface area (Å²) in [4.78, 5) is 0. The van der Waals surface area contributed by atoms with Gasteiger partial charge in [0, 0.05) is 30.1 Å². The van der Waals surface area contributed by atoms with Crippen LogP contribution in [0.15, 0.2) is 18.2 Å². The predicted octanol–water partition coefficient (Wildman–Crippen LogP) is 2.60. The molecule has 0 aliphatic heterocycles. The van der Waals surface area contributed by atoms with Gasteiger partial charge >= 0.3 is 0 Å². The first-order chi connectivity index (χ1) is 8.69. The topological polar surface area (TPSA) is 41.5 Å². The number of ether oxygens (including phenoxy) is 1. The summed E-state index contributed by atoms with van der Waals surface area (Å²) in [6.07, 6.45) is 3.46. The minimum Gasteiger partial charge on any atom is -0.497 e. The molecule has 1 aliphatic carbocycles. The molecule has 4 heteroatoms. The van der Waals surface area contributed by atoms with Crippen LogP contribution in [0.2, 0.25) is 5.02 Å². The molecule has 0 aromatic heterocycles. The molecule has 100 valence electrons. The second-order valence-electron chi connectivity index (χ2n) is 5.07. The molecule has 18 heavy (non-hydrogen) atoms. The Bertz CT molecular complexity index is 399. The number of rotatable bonds is 6. The highest BCUT2D eigenvalue weighted by Gasteiger charge is 2.35. The third-order valence-corrected chi connectivity index (χ3v) is 4.18. The van der Waals surface area contributed by atoms with E-state index in [-0.39, 0.29) is 12.0 Å². The molecule has 1 fully saturated rings. The van der Waals surface area contributed by atoms with Gasteiger partial charge in [-0.2, -0.15) is 0 Å². The Kier molecular flexibility index (Phi) is 4.49. The first-order valence-electron chi connectivity index (χ1n) is 6.33. The molecular formula is C14H20ClNO2. The van der Waals surface area contributed by atoms with Crippen molar-refractivity contribution in [1.82, 2.24) is 5.32 Å². The molecule has 2 N–H and O–H groups in total. The van der Waals surface area contributed by atoms with Gasteiger partial charge in [-0.3, -0.25) is 0 Å². The summed E-state index contributed by atoms with van der Waals surface area (Å²) in [7, 11) is 1.63. The molecule has 0 amide bonds. The van der Waals surface area contributed by atoms with Crippen molar-refractivity contribution in [3.8, 4) is 5.75 Å². The first kappa shape index (κ1) is 13.7. The van der Waals surface area contributed by atoms with Gasteiger partial charge < -0.3 is 15.2 Å². The number of hydrogen-bond donors (Lipinski definition) is 2. The van der Waals surface area contributed by atoms with E-state index in [1.165, 1.54) is 6.42 Å². The zero-order valence-electron chi connectivity index (χ0n) is 10.7. The van der Waals surface area contributed by atoms with Gasteiger partial charge in [-0.05, 0) is 30.5 Å². The van der Waals surface area contributed by atoms with Gasteiger partial charge in [-0.15, -0.1) is 0 Å². The summed E-state index contributed by atoms with van der Waals surface area (Å²) >= 11 is 6.17. The van der Waals surface area contributed by atoms with Crippen LogP contribution in [-0.4, -0.2) is 25.4 Å². The first-order valence-corrected chi connectivity index (χ1v) is 6.71. The van der Waals surface area contributed by atoms with Gasteiger partial charge in [0.2, 0.25) is 0 Å². The summed E-state index contributed by atoms with van der Waals surface area (Å²) in [6, 6.07) is 5.71. The standard InChI is InChI=1S/C14H20ClNO2/c1-18-12-4-3-11(13(15)7-12)8-16-9-14(10-17)5-2-6-14/h3-4,7,16-17H,2,5-6,8-10H2,1H3. The lowest BCUT2D eigenvalue weighted by atomic mass is 9.69.